The minimum atomic E-state index is 0.0983. The largest absolute Gasteiger partial charge is 0.358 e. The van der Waals surface area contributed by atoms with E-state index in [1.165, 1.54) is 16.5 Å². The Morgan fingerprint density at radius 2 is 2.00 bits per heavy atom. The summed E-state index contributed by atoms with van der Waals surface area (Å²) in [5.74, 6) is 1.01. The van der Waals surface area contributed by atoms with Crippen molar-refractivity contribution in [1.29, 1.82) is 0 Å². The number of hydrogen-bond acceptors (Lipinski definition) is 4. The van der Waals surface area contributed by atoms with Crippen molar-refractivity contribution in [3.8, 4) is 0 Å². The lowest BCUT2D eigenvalue weighted by Gasteiger charge is -2.32. The fourth-order valence-electron chi connectivity index (χ4n) is 4.21. The van der Waals surface area contributed by atoms with Gasteiger partial charge in [0.15, 0.2) is 0 Å². The quantitative estimate of drug-likeness (QED) is 0.732. The number of carbonyl (C=O) groups excluding carboxylic acids is 1. The zero-order valence-corrected chi connectivity index (χ0v) is 16.7. The van der Waals surface area contributed by atoms with Crippen LogP contribution in [0.2, 0.25) is 0 Å². The molecule has 4 rings (SSSR count). The molecule has 6 heteroatoms. The molecular weight excluding hydrogens is 350 g/mol. The Balaban J connectivity index is 1.39. The van der Waals surface area contributed by atoms with Crippen LogP contribution in [0.3, 0.4) is 0 Å². The van der Waals surface area contributed by atoms with Crippen LogP contribution in [-0.2, 0) is 11.2 Å². The highest BCUT2D eigenvalue weighted by Gasteiger charge is 2.22. The van der Waals surface area contributed by atoms with E-state index >= 15 is 0 Å². The number of carbonyl (C=O) groups is 1. The summed E-state index contributed by atoms with van der Waals surface area (Å²) in [7, 11) is 0. The van der Waals surface area contributed by atoms with E-state index in [0.29, 0.717) is 6.42 Å². The first-order chi connectivity index (χ1) is 13.5. The normalized spacial score (nSPS) is 15.2. The summed E-state index contributed by atoms with van der Waals surface area (Å²) in [6, 6.07) is 4.57. The van der Waals surface area contributed by atoms with Crippen molar-refractivity contribution in [3.05, 3.63) is 53.1 Å². The maximum atomic E-state index is 12.7. The smallest absolute Gasteiger partial charge is 0.224 e. The van der Waals surface area contributed by atoms with Crippen molar-refractivity contribution in [2.45, 2.75) is 46.1 Å². The van der Waals surface area contributed by atoms with Crippen molar-refractivity contribution < 1.29 is 4.79 Å². The number of fused-ring (bicyclic) bond motifs is 1. The number of anilines is 1. The predicted octanol–water partition coefficient (Wildman–Crippen LogP) is 3.21. The van der Waals surface area contributed by atoms with Gasteiger partial charge in [0.05, 0.1) is 12.6 Å². The van der Waals surface area contributed by atoms with E-state index < -0.39 is 0 Å². The Bertz CT molecular complexity index is 987. The fourth-order valence-corrected chi connectivity index (χ4v) is 4.21. The van der Waals surface area contributed by atoms with E-state index in [2.05, 4.69) is 58.1 Å². The van der Waals surface area contributed by atoms with E-state index in [4.69, 9.17) is 0 Å². The number of rotatable bonds is 4. The summed E-state index contributed by atoms with van der Waals surface area (Å²) >= 11 is 0. The van der Waals surface area contributed by atoms with Crippen molar-refractivity contribution in [3.63, 3.8) is 0 Å². The molecule has 3 aromatic rings. The SMILES string of the molecule is Cc1cc(C)c2[nH]c(C)c(CC(=O)NC3CCN(c4cnccn4)CC3)c2c1. The maximum Gasteiger partial charge on any atom is 0.224 e. The van der Waals surface area contributed by atoms with Crippen LogP contribution in [0.5, 0.6) is 0 Å². The van der Waals surface area contributed by atoms with Crippen LogP contribution in [-0.4, -0.2) is 40.0 Å². The van der Waals surface area contributed by atoms with Gasteiger partial charge in [-0.15, -0.1) is 0 Å². The summed E-state index contributed by atoms with van der Waals surface area (Å²) in [6.45, 7) is 8.03. The Morgan fingerprint density at radius 3 is 2.71 bits per heavy atom. The van der Waals surface area contributed by atoms with Crippen molar-refractivity contribution in [2.75, 3.05) is 18.0 Å². The maximum absolute atomic E-state index is 12.7. The second-order valence-electron chi connectivity index (χ2n) is 7.80. The first kappa shape index (κ1) is 18.5. The lowest BCUT2D eigenvalue weighted by Crippen LogP contribution is -2.45. The van der Waals surface area contributed by atoms with Crippen molar-refractivity contribution >= 4 is 22.6 Å². The molecule has 1 aliphatic rings. The number of H-pyrrole nitrogens is 1. The zero-order valence-electron chi connectivity index (χ0n) is 16.7. The number of piperidine rings is 1. The molecule has 6 nitrogen and oxygen atoms in total. The van der Waals surface area contributed by atoms with E-state index in [1.54, 1.807) is 18.6 Å². The zero-order chi connectivity index (χ0) is 19.7. The Hall–Kier alpha value is -2.89. The fraction of sp³-hybridized carbons (Fsp3) is 0.409. The topological polar surface area (TPSA) is 73.9 Å². The van der Waals surface area contributed by atoms with E-state index in [1.807, 2.05) is 0 Å². The molecule has 1 aromatic carbocycles. The second-order valence-corrected chi connectivity index (χ2v) is 7.80. The van der Waals surface area contributed by atoms with Crippen LogP contribution >= 0.6 is 0 Å². The average molecular weight is 377 g/mol. The van der Waals surface area contributed by atoms with Crippen LogP contribution in [0, 0.1) is 20.8 Å². The molecule has 2 N–H and O–H groups in total. The van der Waals surface area contributed by atoms with Gasteiger partial charge in [0.25, 0.3) is 0 Å². The second kappa shape index (κ2) is 7.62. The van der Waals surface area contributed by atoms with Crippen LogP contribution < -0.4 is 10.2 Å². The summed E-state index contributed by atoms with van der Waals surface area (Å²) in [5, 5.41) is 4.40. The number of nitrogens with one attached hydrogen (secondary N) is 2. The number of aromatic nitrogens is 3. The summed E-state index contributed by atoms with van der Waals surface area (Å²) < 4.78 is 0. The standard InChI is InChI=1S/C22H27N5O/c1-14-10-15(2)22-19(11-14)18(16(3)25-22)12-21(28)26-17-4-8-27(9-5-17)20-13-23-6-7-24-20/h6-7,10-11,13,17,25H,4-5,8-9,12H2,1-3H3,(H,26,28). The Morgan fingerprint density at radius 1 is 1.21 bits per heavy atom. The van der Waals surface area contributed by atoms with Crippen molar-refractivity contribution in [2.24, 2.45) is 0 Å². The number of benzene rings is 1. The van der Waals surface area contributed by atoms with E-state index in [-0.39, 0.29) is 11.9 Å². The molecule has 0 atom stereocenters. The molecular formula is C22H27N5O. The van der Waals surface area contributed by atoms with E-state index in [0.717, 1.165) is 48.5 Å². The molecule has 1 fully saturated rings. The van der Waals surface area contributed by atoms with Gasteiger partial charge in [-0.25, -0.2) is 4.98 Å². The minimum absolute atomic E-state index is 0.0983. The first-order valence-electron chi connectivity index (χ1n) is 9.90. The molecule has 1 aliphatic heterocycles. The Kier molecular flexibility index (Phi) is 5.03. The molecule has 1 amide bonds. The lowest BCUT2D eigenvalue weighted by molar-refractivity contribution is -0.121. The number of nitrogens with zero attached hydrogens (tertiary/aromatic N) is 3. The third-order valence-corrected chi connectivity index (χ3v) is 5.64. The van der Waals surface area contributed by atoms with Gasteiger partial charge in [-0.3, -0.25) is 9.78 Å². The van der Waals surface area contributed by atoms with Gasteiger partial charge >= 0.3 is 0 Å². The van der Waals surface area contributed by atoms with Crippen molar-refractivity contribution in [1.82, 2.24) is 20.3 Å². The highest BCUT2D eigenvalue weighted by molar-refractivity contribution is 5.92. The van der Waals surface area contributed by atoms with Crippen LogP contribution in [0.15, 0.2) is 30.7 Å². The van der Waals surface area contributed by atoms with Crippen LogP contribution in [0.1, 0.15) is 35.2 Å². The molecule has 2 aromatic heterocycles. The van der Waals surface area contributed by atoms with Gasteiger partial charge in [-0.2, -0.15) is 0 Å². The third kappa shape index (κ3) is 3.72. The minimum Gasteiger partial charge on any atom is -0.358 e. The molecule has 0 bridgehead atoms. The number of aromatic amines is 1. The number of hydrogen-bond donors (Lipinski definition) is 2. The van der Waals surface area contributed by atoms with Gasteiger partial charge in [-0.1, -0.05) is 11.6 Å². The number of amides is 1. The summed E-state index contributed by atoms with van der Waals surface area (Å²) in [6.07, 6.45) is 7.46. The van der Waals surface area contributed by atoms with Gasteiger partial charge in [-0.05, 0) is 50.8 Å². The first-order valence-corrected chi connectivity index (χ1v) is 9.90. The average Bonchev–Trinajstić information content (AvgIpc) is 2.99. The summed E-state index contributed by atoms with van der Waals surface area (Å²) in [4.78, 5) is 26.9. The lowest BCUT2D eigenvalue weighted by atomic mass is 10.0. The van der Waals surface area contributed by atoms with E-state index in [9.17, 15) is 4.79 Å². The van der Waals surface area contributed by atoms with Gasteiger partial charge < -0.3 is 15.2 Å². The monoisotopic (exact) mass is 377 g/mol. The molecule has 3 heterocycles. The molecule has 0 saturated carbocycles. The highest BCUT2D eigenvalue weighted by atomic mass is 16.1. The van der Waals surface area contributed by atoms with Crippen LogP contribution in [0.4, 0.5) is 5.82 Å². The molecule has 0 aliphatic carbocycles. The molecule has 146 valence electrons. The molecule has 0 radical (unpaired) electrons. The summed E-state index contributed by atoms with van der Waals surface area (Å²) in [5.41, 5.74) is 5.78. The Labute approximate surface area is 165 Å². The molecule has 28 heavy (non-hydrogen) atoms. The van der Waals surface area contributed by atoms with Gasteiger partial charge in [0, 0.05) is 48.1 Å². The van der Waals surface area contributed by atoms with Gasteiger partial charge in [0.2, 0.25) is 5.91 Å². The van der Waals surface area contributed by atoms with Crippen LogP contribution in [0.25, 0.3) is 10.9 Å². The van der Waals surface area contributed by atoms with Gasteiger partial charge in [0.1, 0.15) is 5.82 Å². The third-order valence-electron chi connectivity index (χ3n) is 5.64. The highest BCUT2D eigenvalue weighted by Crippen LogP contribution is 2.27. The molecule has 0 spiro atoms. The molecule has 0 unspecified atom stereocenters. The molecule has 1 saturated heterocycles. The predicted molar refractivity (Wildman–Crippen MR) is 112 cm³/mol. The number of aryl methyl sites for hydroxylation is 3.